The molecule has 0 unspecified atom stereocenters. The summed E-state index contributed by atoms with van der Waals surface area (Å²) < 4.78 is 5.29. The molecule has 166 valence electrons. The molecule has 7 heteroatoms. The van der Waals surface area contributed by atoms with Gasteiger partial charge >= 0.3 is 0 Å². The number of halogens is 1. The van der Waals surface area contributed by atoms with Crippen molar-refractivity contribution < 1.29 is 14.1 Å². The van der Waals surface area contributed by atoms with E-state index >= 15 is 0 Å². The van der Waals surface area contributed by atoms with E-state index in [4.69, 9.17) is 16.1 Å². The van der Waals surface area contributed by atoms with Crippen molar-refractivity contribution in [2.75, 3.05) is 5.32 Å². The van der Waals surface area contributed by atoms with Crippen molar-refractivity contribution in [1.29, 1.82) is 0 Å². The number of nitrogens with one attached hydrogen (secondary N) is 2. The van der Waals surface area contributed by atoms with Crippen LogP contribution in [-0.4, -0.2) is 17.0 Å². The average molecular weight is 460 g/mol. The summed E-state index contributed by atoms with van der Waals surface area (Å²) in [6.45, 7) is 4.04. The van der Waals surface area contributed by atoms with Crippen LogP contribution >= 0.6 is 11.6 Å². The van der Waals surface area contributed by atoms with E-state index < -0.39 is 5.91 Å². The average Bonchev–Trinajstić information content (AvgIpc) is 3.20. The second-order valence-corrected chi connectivity index (χ2v) is 8.02. The molecule has 0 atom stereocenters. The van der Waals surface area contributed by atoms with Crippen molar-refractivity contribution in [3.63, 3.8) is 0 Å². The van der Waals surface area contributed by atoms with Gasteiger partial charge < -0.3 is 15.2 Å². The molecular weight excluding hydrogens is 438 g/mol. The number of carbonyl (C=O) groups excluding carboxylic acids is 2. The lowest BCUT2D eigenvalue weighted by Gasteiger charge is -2.12. The van der Waals surface area contributed by atoms with Crippen molar-refractivity contribution in [1.82, 2.24) is 10.5 Å². The molecule has 0 saturated carbocycles. The van der Waals surface area contributed by atoms with Gasteiger partial charge in [0, 0.05) is 12.1 Å². The van der Waals surface area contributed by atoms with E-state index in [1.54, 1.807) is 55.5 Å². The molecule has 0 aliphatic rings. The van der Waals surface area contributed by atoms with Crippen molar-refractivity contribution >= 4 is 29.1 Å². The Hall–Kier alpha value is -3.90. The van der Waals surface area contributed by atoms with Crippen LogP contribution in [-0.2, 0) is 6.54 Å². The molecule has 1 aromatic heterocycles. The van der Waals surface area contributed by atoms with Crippen LogP contribution in [0.15, 0.2) is 77.3 Å². The van der Waals surface area contributed by atoms with Gasteiger partial charge in [-0.3, -0.25) is 9.59 Å². The van der Waals surface area contributed by atoms with Crippen LogP contribution in [0.1, 0.15) is 37.6 Å². The van der Waals surface area contributed by atoms with Gasteiger partial charge in [-0.15, -0.1) is 0 Å². The maximum Gasteiger partial charge on any atom is 0.261 e. The summed E-state index contributed by atoms with van der Waals surface area (Å²) in [5, 5.41) is 10.2. The molecule has 4 aromatic rings. The Balaban J connectivity index is 1.56. The molecule has 2 amide bonds. The normalized spacial score (nSPS) is 10.6. The number of hydrogen-bond acceptors (Lipinski definition) is 4. The maximum absolute atomic E-state index is 13.2. The number of aromatic nitrogens is 1. The number of rotatable bonds is 6. The van der Waals surface area contributed by atoms with Crippen LogP contribution in [0.5, 0.6) is 0 Å². The van der Waals surface area contributed by atoms with Crippen LogP contribution in [0.2, 0.25) is 5.02 Å². The van der Waals surface area contributed by atoms with Crippen LogP contribution in [0, 0.1) is 13.8 Å². The molecule has 33 heavy (non-hydrogen) atoms. The number of aryl methyl sites for hydroxylation is 2. The van der Waals surface area contributed by atoms with Gasteiger partial charge in [-0.05, 0) is 37.6 Å². The Morgan fingerprint density at radius 1 is 0.909 bits per heavy atom. The van der Waals surface area contributed by atoms with E-state index in [0.717, 1.165) is 11.1 Å². The lowest BCUT2D eigenvalue weighted by Crippen LogP contribution is -2.25. The van der Waals surface area contributed by atoms with Gasteiger partial charge in [-0.25, -0.2) is 0 Å². The van der Waals surface area contributed by atoms with E-state index in [0.29, 0.717) is 39.8 Å². The molecule has 4 rings (SSSR count). The summed E-state index contributed by atoms with van der Waals surface area (Å²) in [4.78, 5) is 26.1. The molecule has 6 nitrogen and oxygen atoms in total. The number of benzene rings is 3. The summed E-state index contributed by atoms with van der Waals surface area (Å²) in [5.74, 6) is -0.383. The highest BCUT2D eigenvalue weighted by atomic mass is 35.5. The molecule has 0 radical (unpaired) electrons. The minimum Gasteiger partial charge on any atom is -0.360 e. The van der Waals surface area contributed by atoms with Gasteiger partial charge in [-0.1, -0.05) is 76.9 Å². The Kier molecular flexibility index (Phi) is 6.56. The topological polar surface area (TPSA) is 84.2 Å². The minimum absolute atomic E-state index is 0.262. The summed E-state index contributed by atoms with van der Waals surface area (Å²) in [6, 6.07) is 21.8. The summed E-state index contributed by atoms with van der Waals surface area (Å²) in [5.41, 5.74) is 4.07. The van der Waals surface area contributed by atoms with Crippen molar-refractivity contribution in [2.45, 2.75) is 20.4 Å². The van der Waals surface area contributed by atoms with Crippen molar-refractivity contribution in [3.8, 4) is 11.3 Å². The van der Waals surface area contributed by atoms with Crippen molar-refractivity contribution in [2.24, 2.45) is 0 Å². The van der Waals surface area contributed by atoms with E-state index in [1.165, 1.54) is 0 Å². The number of nitrogens with zero attached hydrogens (tertiary/aromatic N) is 1. The molecule has 3 aromatic carbocycles. The lowest BCUT2D eigenvalue weighted by molar-refractivity contribution is 0.0952. The van der Waals surface area contributed by atoms with Gasteiger partial charge in [0.05, 0.1) is 16.3 Å². The summed E-state index contributed by atoms with van der Waals surface area (Å²) in [6.07, 6.45) is 0. The monoisotopic (exact) mass is 459 g/mol. The fourth-order valence-electron chi connectivity index (χ4n) is 3.44. The molecule has 0 aliphatic heterocycles. The molecule has 0 spiro atoms. The molecule has 0 fully saturated rings. The zero-order valence-electron chi connectivity index (χ0n) is 18.2. The van der Waals surface area contributed by atoms with Gasteiger partial charge in [-0.2, -0.15) is 0 Å². The van der Waals surface area contributed by atoms with Crippen LogP contribution in [0.3, 0.4) is 0 Å². The van der Waals surface area contributed by atoms with E-state index in [1.807, 2.05) is 31.2 Å². The zero-order valence-corrected chi connectivity index (χ0v) is 18.9. The van der Waals surface area contributed by atoms with Crippen molar-refractivity contribution in [3.05, 3.63) is 106 Å². The van der Waals surface area contributed by atoms with Gasteiger partial charge in [0.1, 0.15) is 17.0 Å². The Morgan fingerprint density at radius 2 is 1.61 bits per heavy atom. The second-order valence-electron chi connectivity index (χ2n) is 7.61. The fourth-order valence-corrected chi connectivity index (χ4v) is 3.66. The minimum atomic E-state index is -0.442. The highest BCUT2D eigenvalue weighted by Crippen LogP contribution is 2.31. The predicted octanol–water partition coefficient (Wildman–Crippen LogP) is 5.79. The van der Waals surface area contributed by atoms with E-state index in [2.05, 4.69) is 15.8 Å². The highest BCUT2D eigenvalue weighted by molar-refractivity contribution is 6.33. The van der Waals surface area contributed by atoms with E-state index in [9.17, 15) is 9.59 Å². The first kappa shape index (κ1) is 22.3. The third-order valence-electron chi connectivity index (χ3n) is 5.21. The first-order valence-electron chi connectivity index (χ1n) is 10.4. The summed E-state index contributed by atoms with van der Waals surface area (Å²) >= 11 is 6.30. The molecule has 0 aliphatic carbocycles. The predicted molar refractivity (Wildman–Crippen MR) is 128 cm³/mol. The smallest absolute Gasteiger partial charge is 0.261 e. The Morgan fingerprint density at radius 3 is 2.36 bits per heavy atom. The third kappa shape index (κ3) is 4.96. The SMILES string of the molecule is Cc1ccc(CNC(=O)c2ccccc2NC(=O)c2c(-c3ccccc3Cl)noc2C)cc1. The summed E-state index contributed by atoms with van der Waals surface area (Å²) in [7, 11) is 0. The van der Waals surface area contributed by atoms with E-state index in [-0.39, 0.29) is 11.5 Å². The third-order valence-corrected chi connectivity index (χ3v) is 5.54. The highest BCUT2D eigenvalue weighted by Gasteiger charge is 2.24. The van der Waals surface area contributed by atoms with Gasteiger partial charge in [0.25, 0.3) is 11.8 Å². The number of amides is 2. The zero-order chi connectivity index (χ0) is 23.4. The number of para-hydroxylation sites is 1. The fraction of sp³-hybridized carbons (Fsp3) is 0.115. The first-order valence-corrected chi connectivity index (χ1v) is 10.8. The molecule has 1 heterocycles. The molecule has 0 bridgehead atoms. The maximum atomic E-state index is 13.2. The van der Waals surface area contributed by atoms with Gasteiger partial charge in [0.2, 0.25) is 0 Å². The number of anilines is 1. The largest absolute Gasteiger partial charge is 0.360 e. The van der Waals surface area contributed by atoms with Crippen LogP contribution in [0.25, 0.3) is 11.3 Å². The first-order chi connectivity index (χ1) is 15.9. The second kappa shape index (κ2) is 9.71. The Labute approximate surface area is 196 Å². The van der Waals surface area contributed by atoms with Crippen LogP contribution < -0.4 is 10.6 Å². The number of hydrogen-bond donors (Lipinski definition) is 2. The number of carbonyl (C=O) groups is 2. The lowest BCUT2D eigenvalue weighted by atomic mass is 10.0. The Bertz CT molecular complexity index is 1310. The molecular formula is C26H22ClN3O3. The quantitative estimate of drug-likeness (QED) is 0.382. The standard InChI is InChI=1S/C26H22ClN3O3/c1-16-11-13-18(14-12-16)15-28-25(31)20-8-4-6-10-22(20)29-26(32)23-17(2)33-30-24(23)19-7-3-5-9-21(19)27/h3-14H,15H2,1-2H3,(H,28,31)(H,29,32). The molecule has 2 N–H and O–H groups in total. The molecule has 0 saturated heterocycles. The van der Waals surface area contributed by atoms with Gasteiger partial charge in [0.15, 0.2) is 0 Å². The van der Waals surface area contributed by atoms with Crippen LogP contribution in [0.4, 0.5) is 5.69 Å².